The van der Waals surface area contributed by atoms with E-state index in [-0.39, 0.29) is 0 Å². The van der Waals surface area contributed by atoms with E-state index in [1.807, 2.05) is 13.8 Å². The first kappa shape index (κ1) is 12.2. The molecule has 1 atom stereocenters. The largest absolute Gasteiger partial charge is 0.350 e. The van der Waals surface area contributed by atoms with Gasteiger partial charge in [-0.1, -0.05) is 0 Å². The highest BCUT2D eigenvalue weighted by molar-refractivity contribution is 6.17. The average molecular weight is 229 g/mol. The van der Waals surface area contributed by atoms with Crippen LogP contribution in [0.15, 0.2) is 0 Å². The van der Waals surface area contributed by atoms with Crippen molar-refractivity contribution >= 4 is 17.5 Å². The maximum absolute atomic E-state index is 5.62. The van der Waals surface area contributed by atoms with E-state index in [2.05, 4.69) is 27.4 Å². The molecule has 0 spiro atoms. The van der Waals surface area contributed by atoms with Crippen LogP contribution in [0.4, 0.5) is 5.95 Å². The molecule has 0 saturated carbocycles. The van der Waals surface area contributed by atoms with Crippen molar-refractivity contribution < 1.29 is 0 Å². The van der Waals surface area contributed by atoms with Gasteiger partial charge in [0.05, 0.1) is 11.4 Å². The van der Waals surface area contributed by atoms with Gasteiger partial charge >= 0.3 is 0 Å². The molecule has 0 aliphatic rings. The molecule has 0 saturated heterocycles. The lowest BCUT2D eigenvalue weighted by molar-refractivity contribution is 0.681. The molecule has 1 aromatic rings. The predicted molar refractivity (Wildman–Crippen MR) is 62.3 cm³/mol. The van der Waals surface area contributed by atoms with Crippen LogP contribution in [0.5, 0.6) is 0 Å². The van der Waals surface area contributed by atoms with E-state index in [0.29, 0.717) is 17.9 Å². The van der Waals surface area contributed by atoms with Gasteiger partial charge in [-0.2, -0.15) is 5.10 Å². The van der Waals surface area contributed by atoms with Crippen LogP contribution < -0.4 is 5.32 Å². The van der Waals surface area contributed by atoms with Crippen molar-refractivity contribution in [3.63, 3.8) is 0 Å². The number of halogens is 1. The quantitative estimate of drug-likeness (QED) is 0.786. The first-order chi connectivity index (χ1) is 7.13. The number of anilines is 1. The number of rotatable bonds is 5. The van der Waals surface area contributed by atoms with E-state index < -0.39 is 0 Å². The third kappa shape index (κ3) is 4.00. The second-order valence-electron chi connectivity index (χ2n) is 3.68. The fourth-order valence-electron chi connectivity index (χ4n) is 1.19. The van der Waals surface area contributed by atoms with Gasteiger partial charge in [-0.3, -0.25) is 0 Å². The lowest BCUT2D eigenvalue weighted by Gasteiger charge is -2.12. The number of aromatic nitrogens is 3. The van der Waals surface area contributed by atoms with Gasteiger partial charge in [0, 0.05) is 11.9 Å². The van der Waals surface area contributed by atoms with Crippen LogP contribution in [0.2, 0.25) is 0 Å². The van der Waals surface area contributed by atoms with E-state index in [1.165, 1.54) is 0 Å². The second kappa shape index (κ2) is 5.85. The minimum atomic E-state index is 0.327. The summed E-state index contributed by atoms with van der Waals surface area (Å²) in [5, 5.41) is 11.2. The second-order valence-corrected chi connectivity index (χ2v) is 4.06. The molecular weight excluding hydrogens is 212 g/mol. The molecule has 0 radical (unpaired) electrons. The Hall–Kier alpha value is -0.900. The molecule has 5 heteroatoms. The maximum atomic E-state index is 5.62. The maximum Gasteiger partial charge on any atom is 0.243 e. The number of hydrogen-bond acceptors (Lipinski definition) is 4. The van der Waals surface area contributed by atoms with Gasteiger partial charge in [0.2, 0.25) is 5.95 Å². The molecule has 1 unspecified atom stereocenters. The molecule has 1 N–H and O–H groups in total. The van der Waals surface area contributed by atoms with E-state index in [9.17, 15) is 0 Å². The summed E-state index contributed by atoms with van der Waals surface area (Å²) < 4.78 is 0. The zero-order valence-electron chi connectivity index (χ0n) is 9.42. The minimum Gasteiger partial charge on any atom is -0.350 e. The smallest absolute Gasteiger partial charge is 0.243 e. The van der Waals surface area contributed by atoms with E-state index >= 15 is 0 Å². The Morgan fingerprint density at radius 3 is 2.60 bits per heavy atom. The zero-order valence-corrected chi connectivity index (χ0v) is 10.2. The van der Waals surface area contributed by atoms with Gasteiger partial charge in [-0.05, 0) is 33.6 Å². The van der Waals surface area contributed by atoms with Crippen LogP contribution >= 0.6 is 11.6 Å². The molecular formula is C10H17ClN4. The Morgan fingerprint density at radius 2 is 2.00 bits per heavy atom. The summed E-state index contributed by atoms with van der Waals surface area (Å²) in [6, 6.07) is 0.327. The normalized spacial score (nSPS) is 12.5. The van der Waals surface area contributed by atoms with Gasteiger partial charge < -0.3 is 5.32 Å². The summed E-state index contributed by atoms with van der Waals surface area (Å²) in [7, 11) is 0. The number of nitrogens with one attached hydrogen (secondary N) is 1. The molecule has 1 heterocycles. The number of hydrogen-bond donors (Lipinski definition) is 1. The molecule has 1 aromatic heterocycles. The summed E-state index contributed by atoms with van der Waals surface area (Å²) in [6.45, 7) is 5.92. The first-order valence-corrected chi connectivity index (χ1v) is 5.67. The van der Waals surface area contributed by atoms with E-state index in [4.69, 9.17) is 11.6 Å². The summed E-state index contributed by atoms with van der Waals surface area (Å²) in [4.78, 5) is 4.30. The predicted octanol–water partition coefficient (Wildman–Crippen LogP) is 2.31. The van der Waals surface area contributed by atoms with Crippen LogP contribution in [-0.4, -0.2) is 27.1 Å². The van der Waals surface area contributed by atoms with Crippen molar-refractivity contribution in [2.24, 2.45) is 0 Å². The SMILES string of the molecule is Cc1nnc(NC(C)CCCCl)nc1C. The Labute approximate surface area is 95.5 Å². The number of nitrogens with zero attached hydrogens (tertiary/aromatic N) is 3. The Balaban J connectivity index is 2.53. The summed E-state index contributed by atoms with van der Waals surface area (Å²) in [6.07, 6.45) is 2.01. The monoisotopic (exact) mass is 228 g/mol. The van der Waals surface area contributed by atoms with Crippen molar-refractivity contribution in [1.29, 1.82) is 0 Å². The molecule has 84 valence electrons. The van der Waals surface area contributed by atoms with Gasteiger partial charge in [-0.15, -0.1) is 16.7 Å². The molecule has 0 amide bonds. The molecule has 1 rings (SSSR count). The fourth-order valence-corrected chi connectivity index (χ4v) is 1.35. The third-order valence-corrected chi connectivity index (χ3v) is 2.51. The van der Waals surface area contributed by atoms with Crippen LogP contribution in [-0.2, 0) is 0 Å². The Kier molecular flexibility index (Phi) is 4.75. The topological polar surface area (TPSA) is 50.7 Å². The van der Waals surface area contributed by atoms with Crippen LogP contribution in [0.25, 0.3) is 0 Å². The lowest BCUT2D eigenvalue weighted by atomic mass is 10.2. The highest BCUT2D eigenvalue weighted by atomic mass is 35.5. The number of alkyl halides is 1. The van der Waals surface area contributed by atoms with Crippen molar-refractivity contribution in [2.75, 3.05) is 11.2 Å². The van der Waals surface area contributed by atoms with Gasteiger partial charge in [-0.25, -0.2) is 4.98 Å². The summed E-state index contributed by atoms with van der Waals surface area (Å²) >= 11 is 5.62. The molecule has 0 bridgehead atoms. The van der Waals surface area contributed by atoms with Crippen molar-refractivity contribution in [2.45, 2.75) is 39.7 Å². The molecule has 0 aliphatic heterocycles. The molecule has 0 aliphatic carbocycles. The van der Waals surface area contributed by atoms with E-state index in [1.54, 1.807) is 0 Å². The molecule has 15 heavy (non-hydrogen) atoms. The van der Waals surface area contributed by atoms with Crippen molar-refractivity contribution in [3.05, 3.63) is 11.4 Å². The van der Waals surface area contributed by atoms with Gasteiger partial charge in [0.15, 0.2) is 0 Å². The molecule has 0 aromatic carbocycles. The summed E-state index contributed by atoms with van der Waals surface area (Å²) in [5.74, 6) is 1.29. The van der Waals surface area contributed by atoms with Crippen LogP contribution in [0.1, 0.15) is 31.2 Å². The van der Waals surface area contributed by atoms with Crippen molar-refractivity contribution in [3.8, 4) is 0 Å². The molecule has 4 nitrogen and oxygen atoms in total. The third-order valence-electron chi connectivity index (χ3n) is 2.24. The van der Waals surface area contributed by atoms with Gasteiger partial charge in [0.1, 0.15) is 0 Å². The standard InChI is InChI=1S/C10H17ClN4/c1-7(5-4-6-11)12-10-13-8(2)9(3)14-15-10/h7H,4-6H2,1-3H3,(H,12,13,15). The highest BCUT2D eigenvalue weighted by Gasteiger charge is 2.05. The average Bonchev–Trinajstić information content (AvgIpc) is 2.20. The lowest BCUT2D eigenvalue weighted by Crippen LogP contribution is -2.18. The highest BCUT2D eigenvalue weighted by Crippen LogP contribution is 2.06. The summed E-state index contributed by atoms with van der Waals surface area (Å²) in [5.41, 5.74) is 1.78. The van der Waals surface area contributed by atoms with Crippen LogP contribution in [0.3, 0.4) is 0 Å². The van der Waals surface area contributed by atoms with Crippen LogP contribution in [0, 0.1) is 13.8 Å². The first-order valence-electron chi connectivity index (χ1n) is 5.14. The van der Waals surface area contributed by atoms with Crippen molar-refractivity contribution in [1.82, 2.24) is 15.2 Å². The number of aryl methyl sites for hydroxylation is 2. The minimum absolute atomic E-state index is 0.327. The Bertz CT molecular complexity index is 316. The zero-order chi connectivity index (χ0) is 11.3. The Morgan fingerprint density at radius 1 is 1.27 bits per heavy atom. The fraction of sp³-hybridized carbons (Fsp3) is 0.700. The van der Waals surface area contributed by atoms with E-state index in [0.717, 1.165) is 24.2 Å². The van der Waals surface area contributed by atoms with Gasteiger partial charge in [0.25, 0.3) is 0 Å². The molecule has 0 fully saturated rings.